The van der Waals surface area contributed by atoms with Crippen LogP contribution in [0.15, 0.2) is 54.7 Å². The quantitative estimate of drug-likeness (QED) is 0.654. The van der Waals surface area contributed by atoms with Crippen LogP contribution in [0.1, 0.15) is 5.56 Å². The van der Waals surface area contributed by atoms with E-state index < -0.39 is 0 Å². The van der Waals surface area contributed by atoms with Crippen LogP contribution in [-0.2, 0) is 6.54 Å². The molecule has 17 heavy (non-hydrogen) atoms. The molecule has 0 unspecified atom stereocenters. The summed E-state index contributed by atoms with van der Waals surface area (Å²) >= 11 is 2.33. The van der Waals surface area contributed by atoms with Crippen molar-refractivity contribution in [2.24, 2.45) is 0 Å². The third-order valence-electron chi connectivity index (χ3n) is 2.78. The predicted octanol–water partition coefficient (Wildman–Crippen LogP) is 3.69. The van der Waals surface area contributed by atoms with Crippen LogP contribution >= 0.6 is 22.6 Å². The van der Waals surface area contributed by atoms with Crippen molar-refractivity contribution in [3.63, 3.8) is 0 Å². The highest BCUT2D eigenvalue weighted by molar-refractivity contribution is 14.1. The second-order valence-corrected chi connectivity index (χ2v) is 5.24. The first-order valence-corrected chi connectivity index (χ1v) is 6.56. The summed E-state index contributed by atoms with van der Waals surface area (Å²) in [6.45, 7) is 0.824. The first kappa shape index (κ1) is 10.8. The molecular weight excluding hydrogens is 323 g/mol. The lowest BCUT2D eigenvalue weighted by Gasteiger charge is -2.03. The van der Waals surface area contributed by atoms with E-state index in [-0.39, 0.29) is 0 Å². The highest BCUT2D eigenvalue weighted by Gasteiger charge is 2.03. The molecule has 1 aromatic heterocycles. The van der Waals surface area contributed by atoms with Gasteiger partial charge in [-0.2, -0.15) is 5.10 Å². The van der Waals surface area contributed by atoms with E-state index in [1.807, 2.05) is 16.9 Å². The van der Waals surface area contributed by atoms with Gasteiger partial charge in [0.2, 0.25) is 0 Å². The van der Waals surface area contributed by atoms with Crippen molar-refractivity contribution in [2.75, 3.05) is 0 Å². The minimum absolute atomic E-state index is 0.824. The van der Waals surface area contributed by atoms with Crippen LogP contribution in [0, 0.1) is 3.57 Å². The van der Waals surface area contributed by atoms with Gasteiger partial charge in [0.1, 0.15) is 0 Å². The molecule has 0 spiro atoms. The minimum atomic E-state index is 0.824. The van der Waals surface area contributed by atoms with Gasteiger partial charge in [0, 0.05) is 8.96 Å². The summed E-state index contributed by atoms with van der Waals surface area (Å²) in [5.74, 6) is 0. The lowest BCUT2D eigenvalue weighted by molar-refractivity contribution is 0.712. The number of aromatic nitrogens is 2. The van der Waals surface area contributed by atoms with Crippen molar-refractivity contribution >= 4 is 33.5 Å². The van der Waals surface area contributed by atoms with Gasteiger partial charge >= 0.3 is 0 Å². The van der Waals surface area contributed by atoms with Crippen molar-refractivity contribution in [2.45, 2.75) is 6.54 Å². The van der Waals surface area contributed by atoms with E-state index in [1.165, 1.54) is 20.0 Å². The molecule has 3 aromatic rings. The Morgan fingerprint density at radius 2 is 1.88 bits per heavy atom. The second-order valence-electron chi connectivity index (χ2n) is 3.99. The number of benzene rings is 2. The molecule has 2 aromatic carbocycles. The first-order chi connectivity index (χ1) is 8.33. The average molecular weight is 334 g/mol. The molecule has 84 valence electrons. The summed E-state index contributed by atoms with van der Waals surface area (Å²) in [7, 11) is 0. The maximum absolute atomic E-state index is 4.45. The maximum atomic E-state index is 4.45. The number of fused-ring (bicyclic) bond motifs is 1. The van der Waals surface area contributed by atoms with Gasteiger partial charge in [-0.1, -0.05) is 36.4 Å². The summed E-state index contributed by atoms with van der Waals surface area (Å²) in [6, 6.07) is 16.8. The van der Waals surface area contributed by atoms with Gasteiger partial charge in [0.25, 0.3) is 0 Å². The smallest absolute Gasteiger partial charge is 0.0696 e. The largest absolute Gasteiger partial charge is 0.260 e. The minimum Gasteiger partial charge on any atom is -0.260 e. The van der Waals surface area contributed by atoms with Crippen LogP contribution < -0.4 is 0 Å². The number of hydrogen-bond acceptors (Lipinski definition) is 1. The summed E-state index contributed by atoms with van der Waals surface area (Å²) in [5, 5.41) is 5.64. The SMILES string of the molecule is Ic1ccc2cnn(Cc3ccccc3)c2c1. The molecule has 0 bridgehead atoms. The van der Waals surface area contributed by atoms with Crippen molar-refractivity contribution in [1.29, 1.82) is 0 Å². The third-order valence-corrected chi connectivity index (χ3v) is 3.45. The Hall–Kier alpha value is -1.36. The average Bonchev–Trinajstić information content (AvgIpc) is 2.73. The highest BCUT2D eigenvalue weighted by atomic mass is 127. The summed E-state index contributed by atoms with van der Waals surface area (Å²) in [4.78, 5) is 0. The summed E-state index contributed by atoms with van der Waals surface area (Å²) < 4.78 is 3.29. The van der Waals surface area contributed by atoms with E-state index in [9.17, 15) is 0 Å². The molecule has 0 saturated heterocycles. The fraction of sp³-hybridized carbons (Fsp3) is 0.0714. The van der Waals surface area contributed by atoms with Gasteiger partial charge in [-0.05, 0) is 40.3 Å². The normalized spacial score (nSPS) is 10.9. The predicted molar refractivity (Wildman–Crippen MR) is 78.0 cm³/mol. The standard InChI is InChI=1S/C14H11IN2/c15-13-7-6-12-9-16-17(14(12)8-13)10-11-4-2-1-3-5-11/h1-9H,10H2. The van der Waals surface area contributed by atoms with Crippen molar-refractivity contribution in [3.05, 3.63) is 63.9 Å². The molecule has 0 fully saturated rings. The van der Waals surface area contributed by atoms with Crippen LogP contribution in [0.25, 0.3) is 10.9 Å². The molecule has 1 heterocycles. The Morgan fingerprint density at radius 3 is 2.71 bits per heavy atom. The zero-order valence-electron chi connectivity index (χ0n) is 9.18. The molecule has 0 atom stereocenters. The fourth-order valence-corrected chi connectivity index (χ4v) is 2.40. The van der Waals surface area contributed by atoms with Gasteiger partial charge < -0.3 is 0 Å². The lowest BCUT2D eigenvalue weighted by Crippen LogP contribution is -2.00. The van der Waals surface area contributed by atoms with E-state index in [4.69, 9.17) is 0 Å². The topological polar surface area (TPSA) is 17.8 Å². The number of halogens is 1. The van der Waals surface area contributed by atoms with E-state index in [0.29, 0.717) is 0 Å². The van der Waals surface area contributed by atoms with E-state index in [1.54, 1.807) is 0 Å². The Labute approximate surface area is 113 Å². The maximum Gasteiger partial charge on any atom is 0.0696 e. The second kappa shape index (κ2) is 4.49. The fourth-order valence-electron chi connectivity index (χ4n) is 1.93. The Morgan fingerprint density at radius 1 is 1.06 bits per heavy atom. The Balaban J connectivity index is 2.03. The first-order valence-electron chi connectivity index (χ1n) is 5.48. The molecule has 0 aliphatic carbocycles. The summed E-state index contributed by atoms with van der Waals surface area (Å²) in [5.41, 5.74) is 2.47. The molecule has 3 rings (SSSR count). The molecule has 0 aliphatic rings. The van der Waals surface area contributed by atoms with E-state index >= 15 is 0 Å². The van der Waals surface area contributed by atoms with Gasteiger partial charge in [0.05, 0.1) is 18.3 Å². The molecule has 0 N–H and O–H groups in total. The molecule has 0 amide bonds. The van der Waals surface area contributed by atoms with Gasteiger partial charge in [0.15, 0.2) is 0 Å². The summed E-state index contributed by atoms with van der Waals surface area (Å²) in [6.07, 6.45) is 1.92. The van der Waals surface area contributed by atoms with Crippen molar-refractivity contribution in [3.8, 4) is 0 Å². The van der Waals surface area contributed by atoms with Crippen molar-refractivity contribution < 1.29 is 0 Å². The lowest BCUT2D eigenvalue weighted by atomic mass is 10.2. The zero-order valence-corrected chi connectivity index (χ0v) is 11.3. The molecule has 2 nitrogen and oxygen atoms in total. The number of hydrogen-bond donors (Lipinski definition) is 0. The van der Waals surface area contributed by atoms with Gasteiger partial charge in [-0.3, -0.25) is 4.68 Å². The Bertz CT molecular complexity index is 644. The Kier molecular flexibility index (Phi) is 2.84. The van der Waals surface area contributed by atoms with Crippen LogP contribution in [0.4, 0.5) is 0 Å². The highest BCUT2D eigenvalue weighted by Crippen LogP contribution is 2.18. The van der Waals surface area contributed by atoms with E-state index in [2.05, 4.69) is 70.2 Å². The van der Waals surface area contributed by atoms with Crippen LogP contribution in [0.2, 0.25) is 0 Å². The van der Waals surface area contributed by atoms with Crippen LogP contribution in [0.5, 0.6) is 0 Å². The molecular formula is C14H11IN2. The van der Waals surface area contributed by atoms with Gasteiger partial charge in [-0.25, -0.2) is 0 Å². The zero-order chi connectivity index (χ0) is 11.7. The van der Waals surface area contributed by atoms with Crippen molar-refractivity contribution in [1.82, 2.24) is 9.78 Å². The van der Waals surface area contributed by atoms with E-state index in [0.717, 1.165) is 6.54 Å². The molecule has 0 radical (unpaired) electrons. The van der Waals surface area contributed by atoms with Crippen LogP contribution in [-0.4, -0.2) is 9.78 Å². The third kappa shape index (κ3) is 2.20. The monoisotopic (exact) mass is 334 g/mol. The van der Waals surface area contributed by atoms with Crippen LogP contribution in [0.3, 0.4) is 0 Å². The molecule has 0 saturated carbocycles. The molecule has 3 heteroatoms. The van der Waals surface area contributed by atoms with Gasteiger partial charge in [-0.15, -0.1) is 0 Å². The molecule has 0 aliphatic heterocycles. The number of rotatable bonds is 2. The number of nitrogens with zero attached hydrogens (tertiary/aromatic N) is 2.